The van der Waals surface area contributed by atoms with Crippen LogP contribution in [0.25, 0.3) is 0 Å². The highest BCUT2D eigenvalue weighted by Gasteiger charge is 2.11. The van der Waals surface area contributed by atoms with Crippen molar-refractivity contribution in [3.05, 3.63) is 33.6 Å². The van der Waals surface area contributed by atoms with Gasteiger partial charge in [-0.15, -0.1) is 0 Å². The number of carboxylic acids is 1. The zero-order valence-electron chi connectivity index (χ0n) is 6.68. The number of hydrogen-bond donors (Lipinski definition) is 0. The zero-order chi connectivity index (χ0) is 10.0. The van der Waals surface area contributed by atoms with E-state index in [2.05, 4.69) is 4.98 Å². The summed E-state index contributed by atoms with van der Waals surface area (Å²) < 4.78 is 0. The molecule has 0 unspecified atom stereocenters. The highest BCUT2D eigenvalue weighted by Crippen LogP contribution is 2.14. The minimum absolute atomic E-state index is 0.0618. The Morgan fingerprint density at radius 2 is 2.15 bits per heavy atom. The SMILES string of the molecule is Cc1nc(C(=O)[O-])ccc1[N+](=O)[O-]. The summed E-state index contributed by atoms with van der Waals surface area (Å²) in [6.45, 7) is 1.37. The van der Waals surface area contributed by atoms with Crippen molar-refractivity contribution in [1.82, 2.24) is 4.98 Å². The van der Waals surface area contributed by atoms with Crippen LogP contribution in [-0.4, -0.2) is 15.9 Å². The molecule has 0 saturated heterocycles. The van der Waals surface area contributed by atoms with E-state index in [1.165, 1.54) is 6.92 Å². The van der Waals surface area contributed by atoms with Crippen LogP contribution >= 0.6 is 0 Å². The van der Waals surface area contributed by atoms with Gasteiger partial charge >= 0.3 is 0 Å². The summed E-state index contributed by atoms with van der Waals surface area (Å²) in [6, 6.07) is 2.13. The van der Waals surface area contributed by atoms with Gasteiger partial charge in [0.15, 0.2) is 0 Å². The summed E-state index contributed by atoms with van der Waals surface area (Å²) in [7, 11) is 0. The van der Waals surface area contributed by atoms with E-state index in [1.807, 2.05) is 0 Å². The van der Waals surface area contributed by atoms with E-state index in [0.717, 1.165) is 12.1 Å². The fourth-order valence-electron chi connectivity index (χ4n) is 0.860. The van der Waals surface area contributed by atoms with Gasteiger partial charge in [0.05, 0.1) is 16.6 Å². The standard InChI is InChI=1S/C7H6N2O4/c1-4-6(9(12)13)3-2-5(8-4)7(10)11/h2-3H,1H3,(H,10,11)/p-1. The van der Waals surface area contributed by atoms with Crippen molar-refractivity contribution in [2.45, 2.75) is 6.92 Å². The van der Waals surface area contributed by atoms with Gasteiger partial charge in [-0.2, -0.15) is 0 Å². The summed E-state index contributed by atoms with van der Waals surface area (Å²) in [5.41, 5.74) is -0.445. The quantitative estimate of drug-likeness (QED) is 0.459. The highest BCUT2D eigenvalue weighted by atomic mass is 16.6. The number of aromatic carboxylic acids is 1. The van der Waals surface area contributed by atoms with Gasteiger partial charge in [0.25, 0.3) is 5.69 Å². The molecule has 0 saturated carbocycles. The Kier molecular flexibility index (Phi) is 2.23. The second-order valence-electron chi connectivity index (χ2n) is 2.35. The normalized spacial score (nSPS) is 9.62. The summed E-state index contributed by atoms with van der Waals surface area (Å²) in [6.07, 6.45) is 0. The fourth-order valence-corrected chi connectivity index (χ4v) is 0.860. The smallest absolute Gasteiger partial charge is 0.290 e. The van der Waals surface area contributed by atoms with Gasteiger partial charge in [-0.3, -0.25) is 10.1 Å². The van der Waals surface area contributed by atoms with Crippen LogP contribution in [0.5, 0.6) is 0 Å². The van der Waals surface area contributed by atoms with Crippen molar-refractivity contribution in [1.29, 1.82) is 0 Å². The molecule has 0 bridgehead atoms. The number of hydrogen-bond acceptors (Lipinski definition) is 5. The fraction of sp³-hybridized carbons (Fsp3) is 0.143. The zero-order valence-corrected chi connectivity index (χ0v) is 6.68. The first-order valence-electron chi connectivity index (χ1n) is 3.35. The van der Waals surface area contributed by atoms with Crippen molar-refractivity contribution in [3.63, 3.8) is 0 Å². The van der Waals surface area contributed by atoms with E-state index >= 15 is 0 Å². The molecule has 1 aromatic heterocycles. The first-order chi connectivity index (χ1) is 6.02. The third-order valence-corrected chi connectivity index (χ3v) is 1.46. The number of nitrogens with zero attached hydrogens (tertiary/aromatic N) is 2. The molecule has 1 rings (SSSR count). The van der Waals surface area contributed by atoms with Gasteiger partial charge in [0.1, 0.15) is 5.69 Å². The molecular weight excluding hydrogens is 176 g/mol. The van der Waals surface area contributed by atoms with Crippen LogP contribution in [0.2, 0.25) is 0 Å². The van der Waals surface area contributed by atoms with E-state index in [-0.39, 0.29) is 17.1 Å². The number of rotatable bonds is 2. The van der Waals surface area contributed by atoms with Crippen LogP contribution in [0.3, 0.4) is 0 Å². The van der Waals surface area contributed by atoms with Gasteiger partial charge < -0.3 is 9.90 Å². The Balaban J connectivity index is 3.20. The summed E-state index contributed by atoms with van der Waals surface area (Å²) >= 11 is 0. The lowest BCUT2D eigenvalue weighted by atomic mass is 10.3. The van der Waals surface area contributed by atoms with Gasteiger partial charge in [0.2, 0.25) is 0 Å². The number of aromatic nitrogens is 1. The monoisotopic (exact) mass is 181 g/mol. The van der Waals surface area contributed by atoms with Crippen LogP contribution in [0.1, 0.15) is 16.2 Å². The number of nitro groups is 1. The predicted molar refractivity (Wildman–Crippen MR) is 40.0 cm³/mol. The molecule has 0 N–H and O–H groups in total. The van der Waals surface area contributed by atoms with Crippen LogP contribution < -0.4 is 5.11 Å². The van der Waals surface area contributed by atoms with Crippen LogP contribution in [-0.2, 0) is 0 Å². The Bertz CT molecular complexity index is 375. The number of carbonyl (C=O) groups excluding carboxylic acids is 1. The average Bonchev–Trinajstić information content (AvgIpc) is 2.03. The maximum atomic E-state index is 10.3. The van der Waals surface area contributed by atoms with Crippen molar-refractivity contribution >= 4 is 11.7 Å². The molecule has 0 atom stereocenters. The molecule has 6 heteroatoms. The molecule has 6 nitrogen and oxygen atoms in total. The highest BCUT2D eigenvalue weighted by molar-refractivity contribution is 5.83. The van der Waals surface area contributed by atoms with E-state index in [4.69, 9.17) is 0 Å². The Hall–Kier alpha value is -1.98. The molecule has 13 heavy (non-hydrogen) atoms. The molecule has 1 aromatic rings. The van der Waals surface area contributed by atoms with Crippen molar-refractivity contribution in [2.75, 3.05) is 0 Å². The van der Waals surface area contributed by atoms with Crippen LogP contribution in [0.15, 0.2) is 12.1 Å². The van der Waals surface area contributed by atoms with E-state index < -0.39 is 10.9 Å². The molecular formula is C7H5N2O4-. The lowest BCUT2D eigenvalue weighted by Gasteiger charge is -2.01. The van der Waals surface area contributed by atoms with Gasteiger partial charge in [-0.25, -0.2) is 4.98 Å². The summed E-state index contributed by atoms with van der Waals surface area (Å²) in [4.78, 5) is 23.5. The maximum absolute atomic E-state index is 10.3. The minimum Gasteiger partial charge on any atom is -0.543 e. The molecule has 68 valence electrons. The average molecular weight is 181 g/mol. The lowest BCUT2D eigenvalue weighted by Crippen LogP contribution is -2.23. The molecule has 1 heterocycles. The van der Waals surface area contributed by atoms with E-state index in [1.54, 1.807) is 0 Å². The third kappa shape index (κ3) is 1.78. The maximum Gasteiger partial charge on any atom is 0.290 e. The molecule has 0 aliphatic rings. The number of carbonyl (C=O) groups is 1. The summed E-state index contributed by atoms with van der Waals surface area (Å²) in [5, 5.41) is 20.6. The third-order valence-electron chi connectivity index (χ3n) is 1.46. The predicted octanol–water partition coefficient (Wildman–Crippen LogP) is -0.338. The molecule has 0 aliphatic carbocycles. The van der Waals surface area contributed by atoms with E-state index in [0.29, 0.717) is 0 Å². The van der Waals surface area contributed by atoms with E-state index in [9.17, 15) is 20.0 Å². The molecule has 0 aliphatic heterocycles. The van der Waals surface area contributed by atoms with Gasteiger partial charge in [-0.05, 0) is 13.0 Å². The number of aryl methyl sites for hydroxylation is 1. The number of carboxylic acid groups (broad SMARTS) is 1. The van der Waals surface area contributed by atoms with Gasteiger partial charge in [0, 0.05) is 6.07 Å². The molecule has 0 amide bonds. The van der Waals surface area contributed by atoms with Crippen molar-refractivity contribution in [2.24, 2.45) is 0 Å². The van der Waals surface area contributed by atoms with Crippen molar-refractivity contribution in [3.8, 4) is 0 Å². The molecule has 0 fully saturated rings. The molecule has 0 radical (unpaired) electrons. The molecule has 0 aromatic carbocycles. The largest absolute Gasteiger partial charge is 0.543 e. The van der Waals surface area contributed by atoms with Crippen molar-refractivity contribution < 1.29 is 14.8 Å². The topological polar surface area (TPSA) is 96.2 Å². The Morgan fingerprint density at radius 1 is 1.54 bits per heavy atom. The van der Waals surface area contributed by atoms with Gasteiger partial charge in [-0.1, -0.05) is 0 Å². The first-order valence-corrected chi connectivity index (χ1v) is 3.35. The summed E-state index contributed by atoms with van der Waals surface area (Å²) in [5.74, 6) is -1.45. The Morgan fingerprint density at radius 3 is 2.54 bits per heavy atom. The lowest BCUT2D eigenvalue weighted by molar-refractivity contribution is -0.385. The molecule has 0 spiro atoms. The Labute approximate surface area is 73.0 Å². The first kappa shape index (κ1) is 9.11. The van der Waals surface area contributed by atoms with Crippen LogP contribution in [0.4, 0.5) is 5.69 Å². The minimum atomic E-state index is -1.45. The second kappa shape index (κ2) is 3.18. The number of pyridine rings is 1. The van der Waals surface area contributed by atoms with Crippen LogP contribution in [0, 0.1) is 17.0 Å². The second-order valence-corrected chi connectivity index (χ2v) is 2.35.